The summed E-state index contributed by atoms with van der Waals surface area (Å²) in [6.07, 6.45) is 7.47. The molecule has 1 unspecified atom stereocenters. The van der Waals surface area contributed by atoms with Crippen LogP contribution >= 0.6 is 11.3 Å². The second kappa shape index (κ2) is 10.2. The van der Waals surface area contributed by atoms with Gasteiger partial charge in [-0.15, -0.1) is 11.3 Å². The molecule has 0 saturated carbocycles. The van der Waals surface area contributed by atoms with Gasteiger partial charge in [0.15, 0.2) is 0 Å². The fourth-order valence-electron chi connectivity index (χ4n) is 3.64. The third kappa shape index (κ3) is 5.51. The first kappa shape index (κ1) is 22.4. The summed E-state index contributed by atoms with van der Waals surface area (Å²) in [7, 11) is -3.50. The summed E-state index contributed by atoms with van der Waals surface area (Å²) in [4.78, 5) is 4.86. The summed E-state index contributed by atoms with van der Waals surface area (Å²) in [6.45, 7) is 3.26. The van der Waals surface area contributed by atoms with Crippen LogP contribution in [0.2, 0.25) is 0 Å². The van der Waals surface area contributed by atoms with Crippen molar-refractivity contribution in [2.45, 2.75) is 24.7 Å². The van der Waals surface area contributed by atoms with Crippen LogP contribution in [0.5, 0.6) is 0 Å². The molecule has 2 aromatic carbocycles. The highest BCUT2D eigenvalue weighted by atomic mass is 32.2. The zero-order valence-corrected chi connectivity index (χ0v) is 19.5. The lowest BCUT2D eigenvalue weighted by atomic mass is 10.0. The Hall–Kier alpha value is -2.81. The van der Waals surface area contributed by atoms with Gasteiger partial charge >= 0.3 is 0 Å². The lowest BCUT2D eigenvalue weighted by molar-refractivity contribution is 0.281. The Bertz CT molecular complexity index is 1200. The van der Waals surface area contributed by atoms with E-state index in [4.69, 9.17) is 0 Å². The van der Waals surface area contributed by atoms with E-state index in [2.05, 4.69) is 22.4 Å². The number of rotatable bonds is 7. The van der Waals surface area contributed by atoms with Crippen LogP contribution in [-0.2, 0) is 10.0 Å². The highest BCUT2D eigenvalue weighted by molar-refractivity contribution is 7.89. The van der Waals surface area contributed by atoms with Gasteiger partial charge in [0.2, 0.25) is 15.2 Å². The molecule has 6 nitrogen and oxygen atoms in total. The standard InChI is InChI=1S/C24H26N4O2S2/c1-19-8-7-15-28(17-19)32(29,30)22-13-5-12-21(16-22)23-18-31-24(26-23)27-25-14-6-11-20-9-3-2-4-10-20/h2-6,9-14,16,18-19H,7-8,15,17H2,1H3,(H,26,27). The Morgan fingerprint density at radius 2 is 2.03 bits per heavy atom. The first-order chi connectivity index (χ1) is 15.5. The zero-order chi connectivity index (χ0) is 22.4. The number of nitrogens with zero attached hydrogens (tertiary/aromatic N) is 3. The molecule has 8 heteroatoms. The summed E-state index contributed by atoms with van der Waals surface area (Å²) in [5.74, 6) is 0.386. The fourth-order valence-corrected chi connectivity index (χ4v) is 5.95. The minimum absolute atomic E-state index is 0.315. The normalized spacial score (nSPS) is 17.8. The number of aromatic nitrogens is 1. The van der Waals surface area contributed by atoms with Crippen molar-refractivity contribution < 1.29 is 8.42 Å². The van der Waals surface area contributed by atoms with Gasteiger partial charge in [-0.05, 0) is 42.5 Å². The van der Waals surface area contributed by atoms with Crippen molar-refractivity contribution in [3.63, 3.8) is 0 Å². The van der Waals surface area contributed by atoms with Gasteiger partial charge in [0.1, 0.15) is 0 Å². The number of hydrogen-bond acceptors (Lipinski definition) is 6. The molecule has 32 heavy (non-hydrogen) atoms. The number of sulfonamides is 1. The van der Waals surface area contributed by atoms with Gasteiger partial charge in [0.25, 0.3) is 0 Å². The van der Waals surface area contributed by atoms with Gasteiger partial charge in [-0.1, -0.05) is 55.5 Å². The van der Waals surface area contributed by atoms with Crippen molar-refractivity contribution in [1.29, 1.82) is 0 Å². The maximum atomic E-state index is 13.1. The van der Waals surface area contributed by atoms with Crippen LogP contribution in [0.3, 0.4) is 0 Å². The highest BCUT2D eigenvalue weighted by Gasteiger charge is 2.28. The second-order valence-electron chi connectivity index (χ2n) is 7.84. The van der Waals surface area contributed by atoms with Gasteiger partial charge in [0, 0.05) is 30.2 Å². The Morgan fingerprint density at radius 3 is 2.84 bits per heavy atom. The molecule has 1 aliphatic heterocycles. The monoisotopic (exact) mass is 466 g/mol. The zero-order valence-electron chi connectivity index (χ0n) is 17.9. The molecular weight excluding hydrogens is 440 g/mol. The highest BCUT2D eigenvalue weighted by Crippen LogP contribution is 2.29. The van der Waals surface area contributed by atoms with Crippen LogP contribution in [0.25, 0.3) is 17.3 Å². The maximum Gasteiger partial charge on any atom is 0.243 e. The minimum Gasteiger partial charge on any atom is -0.253 e. The van der Waals surface area contributed by atoms with Crippen LogP contribution in [0.15, 0.2) is 76.1 Å². The summed E-state index contributed by atoms with van der Waals surface area (Å²) in [6, 6.07) is 17.0. The van der Waals surface area contributed by atoms with E-state index in [1.165, 1.54) is 11.3 Å². The van der Waals surface area contributed by atoms with Gasteiger partial charge < -0.3 is 0 Å². The van der Waals surface area contributed by atoms with Gasteiger partial charge in [-0.3, -0.25) is 5.43 Å². The van der Waals surface area contributed by atoms with Crippen LogP contribution in [-0.4, -0.2) is 37.0 Å². The molecule has 4 rings (SSSR count). The lowest BCUT2D eigenvalue weighted by Crippen LogP contribution is -2.39. The van der Waals surface area contributed by atoms with Crippen molar-refractivity contribution in [3.05, 3.63) is 71.6 Å². The molecule has 1 aliphatic rings. The number of hydrazone groups is 1. The maximum absolute atomic E-state index is 13.1. The van der Waals surface area contributed by atoms with Gasteiger partial charge in [0.05, 0.1) is 10.6 Å². The SMILES string of the molecule is CC1CCCN(S(=O)(=O)c2cccc(-c3csc(NN=CC=Cc4ccccc4)n3)c2)C1. The average molecular weight is 467 g/mol. The first-order valence-electron chi connectivity index (χ1n) is 10.6. The Kier molecular flexibility index (Phi) is 7.14. The number of benzene rings is 2. The average Bonchev–Trinajstić information content (AvgIpc) is 3.29. The summed E-state index contributed by atoms with van der Waals surface area (Å²) in [5, 5.41) is 6.71. The van der Waals surface area contributed by atoms with Crippen LogP contribution in [0.1, 0.15) is 25.3 Å². The van der Waals surface area contributed by atoms with Crippen LogP contribution in [0.4, 0.5) is 5.13 Å². The molecule has 1 N–H and O–H groups in total. The van der Waals surface area contributed by atoms with Crippen molar-refractivity contribution in [3.8, 4) is 11.3 Å². The summed E-state index contributed by atoms with van der Waals surface area (Å²) in [5.41, 5.74) is 5.51. The first-order valence-corrected chi connectivity index (χ1v) is 12.9. The van der Waals surface area contributed by atoms with Gasteiger partial charge in [-0.2, -0.15) is 9.41 Å². The number of piperidine rings is 1. The van der Waals surface area contributed by atoms with Crippen LogP contribution in [0, 0.1) is 5.92 Å². The molecule has 0 spiro atoms. The van der Waals surface area contributed by atoms with Crippen LogP contribution < -0.4 is 5.43 Å². The molecule has 0 radical (unpaired) electrons. The van der Waals surface area contributed by atoms with E-state index in [0.29, 0.717) is 29.0 Å². The van der Waals surface area contributed by atoms with E-state index in [-0.39, 0.29) is 0 Å². The Balaban J connectivity index is 1.43. The van der Waals surface area contributed by atoms with Crippen molar-refractivity contribution >= 4 is 38.8 Å². The summed E-state index contributed by atoms with van der Waals surface area (Å²) < 4.78 is 27.8. The molecular formula is C24H26N4O2S2. The van der Waals surface area contributed by atoms with Crippen molar-refractivity contribution in [1.82, 2.24) is 9.29 Å². The van der Waals surface area contributed by atoms with E-state index in [0.717, 1.165) is 29.7 Å². The summed E-state index contributed by atoms with van der Waals surface area (Å²) >= 11 is 1.42. The minimum atomic E-state index is -3.50. The molecule has 2 heterocycles. The second-order valence-corrected chi connectivity index (χ2v) is 10.6. The van der Waals surface area contributed by atoms with E-state index in [1.807, 2.05) is 53.9 Å². The van der Waals surface area contributed by atoms with Crippen molar-refractivity contribution in [2.75, 3.05) is 18.5 Å². The third-order valence-electron chi connectivity index (χ3n) is 5.30. The fraction of sp³-hybridized carbons (Fsp3) is 0.250. The predicted octanol–water partition coefficient (Wildman–Crippen LogP) is 5.34. The largest absolute Gasteiger partial charge is 0.253 e. The number of anilines is 1. The predicted molar refractivity (Wildman–Crippen MR) is 132 cm³/mol. The third-order valence-corrected chi connectivity index (χ3v) is 7.91. The molecule has 3 aromatic rings. The number of hydrogen-bond donors (Lipinski definition) is 1. The molecule has 1 atom stereocenters. The lowest BCUT2D eigenvalue weighted by Gasteiger charge is -2.30. The molecule has 1 saturated heterocycles. The molecule has 166 valence electrons. The molecule has 0 bridgehead atoms. The quantitative estimate of drug-likeness (QED) is 0.377. The molecule has 0 amide bonds. The van der Waals surface area contributed by atoms with Crippen molar-refractivity contribution in [2.24, 2.45) is 11.0 Å². The number of allylic oxidation sites excluding steroid dienone is 1. The van der Waals surface area contributed by atoms with E-state index in [9.17, 15) is 8.42 Å². The van der Waals surface area contributed by atoms with Gasteiger partial charge in [-0.25, -0.2) is 13.4 Å². The topological polar surface area (TPSA) is 74.7 Å². The smallest absolute Gasteiger partial charge is 0.243 e. The van der Waals surface area contributed by atoms with E-state index >= 15 is 0 Å². The number of nitrogens with one attached hydrogen (secondary N) is 1. The Morgan fingerprint density at radius 1 is 1.19 bits per heavy atom. The molecule has 0 aliphatic carbocycles. The van der Waals surface area contributed by atoms with E-state index < -0.39 is 10.0 Å². The molecule has 1 fully saturated rings. The molecule has 1 aromatic heterocycles. The van der Waals surface area contributed by atoms with E-state index in [1.54, 1.807) is 28.7 Å². The Labute approximate surface area is 193 Å². The number of thiazole rings is 1.